The zero-order chi connectivity index (χ0) is 14.5. The summed E-state index contributed by atoms with van der Waals surface area (Å²) < 4.78 is 0. The molecule has 1 amide bonds. The first kappa shape index (κ1) is 15.5. The molecular formula is C16H28N2O2. The van der Waals surface area contributed by atoms with Gasteiger partial charge in [-0.25, -0.2) is 0 Å². The lowest BCUT2D eigenvalue weighted by atomic mass is 9.82. The fraction of sp³-hybridized carbons (Fsp3) is 0.875. The number of nitrogens with one attached hydrogen (secondary N) is 1. The summed E-state index contributed by atoms with van der Waals surface area (Å²) in [5.41, 5.74) is 0. The van der Waals surface area contributed by atoms with Crippen molar-refractivity contribution in [3.05, 3.63) is 0 Å². The molecule has 0 aromatic rings. The number of hydrogen-bond donors (Lipinski definition) is 1. The second-order valence-electron chi connectivity index (χ2n) is 6.38. The van der Waals surface area contributed by atoms with E-state index in [9.17, 15) is 9.59 Å². The first-order valence-corrected chi connectivity index (χ1v) is 8.18. The minimum Gasteiger partial charge on any atom is -0.353 e. The van der Waals surface area contributed by atoms with Gasteiger partial charge in [0, 0.05) is 24.4 Å². The summed E-state index contributed by atoms with van der Waals surface area (Å²) >= 11 is 0. The predicted molar refractivity (Wildman–Crippen MR) is 79.5 cm³/mol. The molecule has 0 aromatic carbocycles. The number of carbonyl (C=O) groups excluding carboxylic acids is 2. The second-order valence-corrected chi connectivity index (χ2v) is 6.38. The van der Waals surface area contributed by atoms with Gasteiger partial charge in [0.1, 0.15) is 5.78 Å². The second kappa shape index (κ2) is 7.21. The van der Waals surface area contributed by atoms with Gasteiger partial charge in [-0.05, 0) is 45.6 Å². The molecule has 20 heavy (non-hydrogen) atoms. The normalized spacial score (nSPS) is 29.4. The largest absolute Gasteiger partial charge is 0.353 e. The van der Waals surface area contributed by atoms with Crippen LogP contribution in [0, 0.1) is 5.92 Å². The van der Waals surface area contributed by atoms with Gasteiger partial charge in [-0.15, -0.1) is 0 Å². The van der Waals surface area contributed by atoms with Crippen molar-refractivity contribution in [3.8, 4) is 0 Å². The van der Waals surface area contributed by atoms with E-state index < -0.39 is 0 Å². The van der Waals surface area contributed by atoms with Crippen LogP contribution in [0.5, 0.6) is 0 Å². The Labute approximate surface area is 122 Å². The Morgan fingerprint density at radius 1 is 1.35 bits per heavy atom. The molecule has 0 bridgehead atoms. The van der Waals surface area contributed by atoms with E-state index in [1.165, 1.54) is 6.42 Å². The lowest BCUT2D eigenvalue weighted by Gasteiger charge is -2.32. The molecule has 1 N–H and O–H groups in total. The third-order valence-electron chi connectivity index (χ3n) is 4.85. The Kier molecular flexibility index (Phi) is 5.58. The van der Waals surface area contributed by atoms with E-state index in [2.05, 4.69) is 17.1 Å². The summed E-state index contributed by atoms with van der Waals surface area (Å²) in [4.78, 5) is 26.4. The summed E-state index contributed by atoms with van der Waals surface area (Å²) in [7, 11) is 0. The van der Waals surface area contributed by atoms with Crippen molar-refractivity contribution in [2.24, 2.45) is 5.92 Å². The van der Waals surface area contributed by atoms with Gasteiger partial charge in [-0.3, -0.25) is 14.5 Å². The van der Waals surface area contributed by atoms with E-state index in [-0.39, 0.29) is 17.9 Å². The van der Waals surface area contributed by atoms with E-state index in [1.807, 2.05) is 6.92 Å². The van der Waals surface area contributed by atoms with Gasteiger partial charge in [0.2, 0.25) is 5.91 Å². The van der Waals surface area contributed by atoms with Gasteiger partial charge in [0.05, 0.1) is 6.54 Å². The first-order valence-electron chi connectivity index (χ1n) is 8.18. The lowest BCUT2D eigenvalue weighted by Crippen LogP contribution is -2.46. The summed E-state index contributed by atoms with van der Waals surface area (Å²) in [5, 5.41) is 3.03. The monoisotopic (exact) mass is 280 g/mol. The third-order valence-corrected chi connectivity index (χ3v) is 4.85. The molecule has 3 unspecified atom stereocenters. The van der Waals surface area contributed by atoms with Crippen molar-refractivity contribution >= 4 is 11.7 Å². The average Bonchev–Trinajstić information content (AvgIpc) is 2.87. The van der Waals surface area contributed by atoms with Gasteiger partial charge in [-0.2, -0.15) is 0 Å². The SMILES string of the molecule is CCC(C)NC(=O)CN1CCCC1C1CCCCC1=O. The summed E-state index contributed by atoms with van der Waals surface area (Å²) in [5.74, 6) is 0.715. The number of rotatable bonds is 5. The van der Waals surface area contributed by atoms with Crippen LogP contribution in [0.3, 0.4) is 0 Å². The average molecular weight is 280 g/mol. The van der Waals surface area contributed by atoms with Crippen molar-refractivity contribution in [1.29, 1.82) is 0 Å². The number of Topliss-reactive ketones (excluding diaryl/α,β-unsaturated/α-hetero) is 1. The molecule has 114 valence electrons. The van der Waals surface area contributed by atoms with E-state index >= 15 is 0 Å². The van der Waals surface area contributed by atoms with Gasteiger partial charge in [-0.1, -0.05) is 13.3 Å². The molecule has 1 heterocycles. The molecule has 2 aliphatic rings. The van der Waals surface area contributed by atoms with Crippen LogP contribution < -0.4 is 5.32 Å². The number of nitrogens with zero attached hydrogens (tertiary/aromatic N) is 1. The molecule has 1 aliphatic carbocycles. The van der Waals surface area contributed by atoms with Crippen molar-refractivity contribution in [1.82, 2.24) is 10.2 Å². The first-order chi connectivity index (χ1) is 9.61. The molecule has 1 saturated carbocycles. The van der Waals surface area contributed by atoms with Crippen LogP contribution in [0.2, 0.25) is 0 Å². The van der Waals surface area contributed by atoms with Crippen LogP contribution >= 0.6 is 0 Å². The molecule has 0 aromatic heterocycles. The molecule has 4 nitrogen and oxygen atoms in total. The molecule has 2 rings (SSSR count). The molecule has 2 fully saturated rings. The summed E-state index contributed by atoms with van der Waals surface area (Å²) in [6.07, 6.45) is 7.13. The fourth-order valence-corrected chi connectivity index (χ4v) is 3.53. The van der Waals surface area contributed by atoms with Crippen molar-refractivity contribution in [2.45, 2.75) is 70.9 Å². The predicted octanol–water partition coefficient (Wildman–Crippen LogP) is 2.12. The van der Waals surface area contributed by atoms with Crippen LogP contribution in [0.15, 0.2) is 0 Å². The van der Waals surface area contributed by atoms with Gasteiger partial charge < -0.3 is 5.32 Å². The molecule has 0 spiro atoms. The van der Waals surface area contributed by atoms with E-state index in [0.29, 0.717) is 18.4 Å². The third kappa shape index (κ3) is 3.81. The van der Waals surface area contributed by atoms with Crippen LogP contribution in [-0.4, -0.2) is 41.8 Å². The van der Waals surface area contributed by atoms with E-state index in [1.54, 1.807) is 0 Å². The van der Waals surface area contributed by atoms with Crippen LogP contribution in [0.25, 0.3) is 0 Å². The number of ketones is 1. The summed E-state index contributed by atoms with van der Waals surface area (Å²) in [6.45, 7) is 5.52. The lowest BCUT2D eigenvalue weighted by molar-refractivity contribution is -0.129. The quantitative estimate of drug-likeness (QED) is 0.839. The molecule has 4 heteroatoms. The highest BCUT2D eigenvalue weighted by Crippen LogP contribution is 2.32. The molecular weight excluding hydrogens is 252 g/mol. The van der Waals surface area contributed by atoms with Crippen LogP contribution in [0.4, 0.5) is 0 Å². The molecule has 1 aliphatic heterocycles. The van der Waals surface area contributed by atoms with Crippen molar-refractivity contribution in [3.63, 3.8) is 0 Å². The molecule has 1 saturated heterocycles. The standard InChI is InChI=1S/C16H28N2O2/c1-3-12(2)17-16(20)11-18-10-6-8-14(18)13-7-4-5-9-15(13)19/h12-14H,3-11H2,1-2H3,(H,17,20). The Bertz CT molecular complexity index is 356. The van der Waals surface area contributed by atoms with Crippen molar-refractivity contribution < 1.29 is 9.59 Å². The Hall–Kier alpha value is -0.900. The summed E-state index contributed by atoms with van der Waals surface area (Å²) in [6, 6.07) is 0.547. The highest BCUT2D eigenvalue weighted by Gasteiger charge is 2.37. The molecule has 0 radical (unpaired) electrons. The topological polar surface area (TPSA) is 49.4 Å². The zero-order valence-corrected chi connectivity index (χ0v) is 12.9. The van der Waals surface area contributed by atoms with E-state index in [0.717, 1.165) is 45.1 Å². The minimum absolute atomic E-state index is 0.106. The minimum atomic E-state index is 0.106. The maximum Gasteiger partial charge on any atom is 0.234 e. The molecule has 3 atom stereocenters. The number of hydrogen-bond acceptors (Lipinski definition) is 3. The highest BCUT2D eigenvalue weighted by molar-refractivity contribution is 5.82. The maximum absolute atomic E-state index is 12.1. The van der Waals surface area contributed by atoms with E-state index in [4.69, 9.17) is 0 Å². The smallest absolute Gasteiger partial charge is 0.234 e. The Morgan fingerprint density at radius 3 is 2.85 bits per heavy atom. The van der Waals surface area contributed by atoms with Gasteiger partial charge in [0.25, 0.3) is 0 Å². The maximum atomic E-state index is 12.1. The number of amides is 1. The Balaban J connectivity index is 1.90. The number of carbonyl (C=O) groups is 2. The fourth-order valence-electron chi connectivity index (χ4n) is 3.53. The number of likely N-dealkylation sites (tertiary alicyclic amines) is 1. The van der Waals surface area contributed by atoms with Gasteiger partial charge >= 0.3 is 0 Å². The Morgan fingerprint density at radius 2 is 2.15 bits per heavy atom. The van der Waals surface area contributed by atoms with Crippen LogP contribution in [-0.2, 0) is 9.59 Å². The van der Waals surface area contributed by atoms with Crippen molar-refractivity contribution in [2.75, 3.05) is 13.1 Å². The zero-order valence-electron chi connectivity index (χ0n) is 12.9. The highest BCUT2D eigenvalue weighted by atomic mass is 16.2. The van der Waals surface area contributed by atoms with Gasteiger partial charge in [0.15, 0.2) is 0 Å². The van der Waals surface area contributed by atoms with Crippen LogP contribution in [0.1, 0.15) is 58.8 Å².